The van der Waals surface area contributed by atoms with Crippen molar-refractivity contribution >= 4 is 5.82 Å². The lowest BCUT2D eigenvalue weighted by Gasteiger charge is -2.09. The lowest BCUT2D eigenvalue weighted by Crippen LogP contribution is -2.07. The molecule has 4 heteroatoms. The molecule has 0 saturated heterocycles. The highest BCUT2D eigenvalue weighted by atomic mass is 15.3. The summed E-state index contributed by atoms with van der Waals surface area (Å²) in [4.78, 5) is 0. The van der Waals surface area contributed by atoms with E-state index >= 15 is 0 Å². The predicted octanol–water partition coefficient (Wildman–Crippen LogP) is 4.15. The highest BCUT2D eigenvalue weighted by Crippen LogP contribution is 2.39. The second-order valence-corrected chi connectivity index (χ2v) is 6.65. The maximum Gasteiger partial charge on any atom is 0.133 e. The molecule has 0 radical (unpaired) electrons. The lowest BCUT2D eigenvalue weighted by molar-refractivity contribution is 0.664. The van der Waals surface area contributed by atoms with Gasteiger partial charge in [-0.3, -0.25) is 0 Å². The number of nitrogens with zero attached hydrogens (tertiary/aromatic N) is 3. The molecule has 23 heavy (non-hydrogen) atoms. The highest BCUT2D eigenvalue weighted by molar-refractivity contribution is 5.55. The van der Waals surface area contributed by atoms with Gasteiger partial charge in [-0.15, -0.1) is 0 Å². The summed E-state index contributed by atoms with van der Waals surface area (Å²) in [5.41, 5.74) is 4.48. The van der Waals surface area contributed by atoms with Crippen molar-refractivity contribution in [1.82, 2.24) is 9.78 Å². The number of hydrogen-bond acceptors (Lipinski definition) is 3. The Labute approximate surface area is 137 Å². The van der Waals surface area contributed by atoms with Crippen LogP contribution in [0.4, 0.5) is 5.82 Å². The summed E-state index contributed by atoms with van der Waals surface area (Å²) in [5, 5.41) is 17.6. The van der Waals surface area contributed by atoms with Gasteiger partial charge in [-0.2, -0.15) is 10.4 Å². The zero-order valence-electron chi connectivity index (χ0n) is 13.4. The molecule has 1 fully saturated rings. The van der Waals surface area contributed by atoms with E-state index in [4.69, 9.17) is 10.4 Å². The molecule has 1 N–H and O–H groups in total. The van der Waals surface area contributed by atoms with Gasteiger partial charge in [-0.1, -0.05) is 12.8 Å². The molecule has 1 aliphatic heterocycles. The van der Waals surface area contributed by atoms with Crippen molar-refractivity contribution in [2.24, 2.45) is 0 Å². The first-order chi connectivity index (χ1) is 11.4. The Kier molecular flexibility index (Phi) is 3.78. The molecule has 1 saturated carbocycles. The van der Waals surface area contributed by atoms with E-state index < -0.39 is 0 Å². The lowest BCUT2D eigenvalue weighted by atomic mass is 9.97. The van der Waals surface area contributed by atoms with E-state index in [1.165, 1.54) is 55.6 Å². The second kappa shape index (κ2) is 6.08. The summed E-state index contributed by atoms with van der Waals surface area (Å²) in [6, 6.07) is 9.92. The summed E-state index contributed by atoms with van der Waals surface area (Å²) < 4.78 is 2.06. The maximum atomic E-state index is 8.99. The van der Waals surface area contributed by atoms with Gasteiger partial charge in [0.2, 0.25) is 0 Å². The Morgan fingerprint density at radius 3 is 2.61 bits per heavy atom. The predicted molar refractivity (Wildman–Crippen MR) is 90.9 cm³/mol. The summed E-state index contributed by atoms with van der Waals surface area (Å²) in [6.07, 6.45) is 8.79. The molecule has 2 aromatic rings. The highest BCUT2D eigenvalue weighted by Gasteiger charge is 2.27. The fourth-order valence-electron chi connectivity index (χ4n) is 3.92. The standard InChI is InChI=1S/C19H22N4/c20-13-14-8-10-16(11-9-14)23-19-17(7-3-4-12-21-19)18(22-23)15-5-1-2-6-15/h8-11,15,21H,1-7,12H2. The van der Waals surface area contributed by atoms with Crippen LogP contribution in [-0.2, 0) is 6.42 Å². The smallest absolute Gasteiger partial charge is 0.133 e. The maximum absolute atomic E-state index is 8.99. The molecule has 1 aliphatic carbocycles. The third kappa shape index (κ3) is 2.61. The minimum absolute atomic E-state index is 0.628. The Hall–Kier alpha value is -2.28. The molecule has 4 nitrogen and oxygen atoms in total. The van der Waals surface area contributed by atoms with Gasteiger partial charge in [0.25, 0.3) is 0 Å². The average molecular weight is 306 g/mol. The van der Waals surface area contributed by atoms with Crippen LogP contribution < -0.4 is 5.32 Å². The molecule has 2 heterocycles. The molecule has 0 amide bonds. The van der Waals surface area contributed by atoms with E-state index in [9.17, 15) is 0 Å². The Balaban J connectivity index is 1.80. The van der Waals surface area contributed by atoms with Crippen LogP contribution in [0.5, 0.6) is 0 Å². The fraction of sp³-hybridized carbons (Fsp3) is 0.474. The number of aromatic nitrogens is 2. The third-order valence-electron chi connectivity index (χ3n) is 5.14. The molecule has 0 atom stereocenters. The molecule has 0 spiro atoms. The fourth-order valence-corrected chi connectivity index (χ4v) is 3.92. The van der Waals surface area contributed by atoms with E-state index in [0.29, 0.717) is 11.5 Å². The summed E-state index contributed by atoms with van der Waals surface area (Å²) in [5.74, 6) is 1.80. The summed E-state index contributed by atoms with van der Waals surface area (Å²) in [7, 11) is 0. The van der Waals surface area contributed by atoms with Gasteiger partial charge in [-0.05, 0) is 56.4 Å². The molecule has 0 unspecified atom stereocenters. The Morgan fingerprint density at radius 1 is 1.09 bits per heavy atom. The first-order valence-electron chi connectivity index (χ1n) is 8.73. The van der Waals surface area contributed by atoms with Gasteiger partial charge >= 0.3 is 0 Å². The number of hydrogen-bond donors (Lipinski definition) is 1. The molecule has 1 aromatic carbocycles. The number of fused-ring (bicyclic) bond motifs is 1. The van der Waals surface area contributed by atoms with Crippen molar-refractivity contribution in [2.75, 3.05) is 11.9 Å². The zero-order valence-corrected chi connectivity index (χ0v) is 13.4. The summed E-state index contributed by atoms with van der Waals surface area (Å²) in [6.45, 7) is 1.01. The first kappa shape index (κ1) is 14.3. The van der Waals surface area contributed by atoms with E-state index in [-0.39, 0.29) is 0 Å². The minimum Gasteiger partial charge on any atom is -0.370 e. The van der Waals surface area contributed by atoms with Crippen LogP contribution in [0.1, 0.15) is 61.3 Å². The van der Waals surface area contributed by atoms with Gasteiger partial charge in [-0.25, -0.2) is 4.68 Å². The van der Waals surface area contributed by atoms with Crippen molar-refractivity contribution in [2.45, 2.75) is 50.9 Å². The monoisotopic (exact) mass is 306 g/mol. The van der Waals surface area contributed by atoms with Crippen LogP contribution in [0.3, 0.4) is 0 Å². The molecule has 2 aliphatic rings. The Bertz CT molecular complexity index is 730. The van der Waals surface area contributed by atoms with Crippen LogP contribution in [0, 0.1) is 11.3 Å². The number of benzene rings is 1. The molecular formula is C19H22N4. The largest absolute Gasteiger partial charge is 0.370 e. The van der Waals surface area contributed by atoms with E-state index in [1.807, 2.05) is 24.3 Å². The van der Waals surface area contributed by atoms with Crippen LogP contribution in [0.25, 0.3) is 5.69 Å². The number of anilines is 1. The van der Waals surface area contributed by atoms with Gasteiger partial charge in [0.05, 0.1) is 23.0 Å². The van der Waals surface area contributed by atoms with Crippen molar-refractivity contribution in [3.63, 3.8) is 0 Å². The van der Waals surface area contributed by atoms with Gasteiger partial charge < -0.3 is 5.32 Å². The topological polar surface area (TPSA) is 53.6 Å². The van der Waals surface area contributed by atoms with Crippen LogP contribution in [0.2, 0.25) is 0 Å². The Morgan fingerprint density at radius 2 is 1.87 bits per heavy atom. The molecule has 1 aromatic heterocycles. The van der Waals surface area contributed by atoms with Gasteiger partial charge in [0, 0.05) is 18.0 Å². The second-order valence-electron chi connectivity index (χ2n) is 6.65. The van der Waals surface area contributed by atoms with E-state index in [2.05, 4.69) is 16.1 Å². The van der Waals surface area contributed by atoms with Gasteiger partial charge in [0.1, 0.15) is 5.82 Å². The van der Waals surface area contributed by atoms with Crippen molar-refractivity contribution < 1.29 is 0 Å². The number of nitriles is 1. The first-order valence-corrected chi connectivity index (χ1v) is 8.73. The molecular weight excluding hydrogens is 284 g/mol. The van der Waals surface area contributed by atoms with Crippen LogP contribution >= 0.6 is 0 Å². The number of nitrogens with one attached hydrogen (secondary N) is 1. The van der Waals surface area contributed by atoms with E-state index in [0.717, 1.165) is 18.7 Å². The third-order valence-corrected chi connectivity index (χ3v) is 5.14. The van der Waals surface area contributed by atoms with Crippen molar-refractivity contribution in [1.29, 1.82) is 5.26 Å². The quantitative estimate of drug-likeness (QED) is 0.906. The van der Waals surface area contributed by atoms with Crippen LogP contribution in [-0.4, -0.2) is 16.3 Å². The molecule has 118 valence electrons. The SMILES string of the molecule is N#Cc1ccc(-n2nc(C3CCCC3)c3c2NCCCC3)cc1. The van der Waals surface area contributed by atoms with Crippen molar-refractivity contribution in [3.8, 4) is 11.8 Å². The van der Waals surface area contributed by atoms with Crippen LogP contribution in [0.15, 0.2) is 24.3 Å². The average Bonchev–Trinajstić information content (AvgIpc) is 3.17. The summed E-state index contributed by atoms with van der Waals surface area (Å²) >= 11 is 0. The van der Waals surface area contributed by atoms with E-state index in [1.54, 1.807) is 0 Å². The van der Waals surface area contributed by atoms with Crippen molar-refractivity contribution in [3.05, 3.63) is 41.1 Å². The van der Waals surface area contributed by atoms with Gasteiger partial charge in [0.15, 0.2) is 0 Å². The zero-order chi connectivity index (χ0) is 15.6. The normalized spacial score (nSPS) is 18.0. The molecule has 0 bridgehead atoms. The number of rotatable bonds is 2. The minimum atomic E-state index is 0.628. The molecule has 4 rings (SSSR count).